The number of methoxy groups -OCH3 is 2. The van der Waals surface area contributed by atoms with E-state index < -0.39 is 0 Å². The predicted molar refractivity (Wildman–Crippen MR) is 140 cm³/mol. The van der Waals surface area contributed by atoms with Crippen LogP contribution in [0.3, 0.4) is 0 Å². The third-order valence-corrected chi connectivity index (χ3v) is 5.82. The number of carbonyl (C=O) groups is 1. The number of nitrogens with one attached hydrogen (secondary N) is 1. The van der Waals surface area contributed by atoms with E-state index >= 15 is 0 Å². The molecular weight excluding hydrogens is 438 g/mol. The lowest BCUT2D eigenvalue weighted by molar-refractivity contribution is 0.0956. The number of ether oxygens (including phenoxy) is 2. The average molecular weight is 468 g/mol. The summed E-state index contributed by atoms with van der Waals surface area (Å²) in [6, 6.07) is 23.4. The van der Waals surface area contributed by atoms with Gasteiger partial charge in [0.2, 0.25) is 0 Å². The van der Waals surface area contributed by atoms with Crippen molar-refractivity contribution in [2.24, 2.45) is 5.10 Å². The first kappa shape index (κ1) is 24.1. The van der Waals surface area contributed by atoms with Gasteiger partial charge in [-0.05, 0) is 47.4 Å². The van der Waals surface area contributed by atoms with Gasteiger partial charge in [-0.2, -0.15) is 5.10 Å². The van der Waals surface area contributed by atoms with E-state index in [9.17, 15) is 4.79 Å². The van der Waals surface area contributed by atoms with Crippen molar-refractivity contribution < 1.29 is 14.3 Å². The van der Waals surface area contributed by atoms with Crippen LogP contribution in [-0.4, -0.2) is 31.3 Å². The Morgan fingerprint density at radius 3 is 2.51 bits per heavy atom. The van der Waals surface area contributed by atoms with Gasteiger partial charge in [-0.3, -0.25) is 4.79 Å². The van der Waals surface area contributed by atoms with E-state index in [1.54, 1.807) is 20.4 Å². The number of pyridine rings is 1. The Balaban J connectivity index is 1.61. The van der Waals surface area contributed by atoms with Gasteiger partial charge in [0.05, 0.1) is 36.7 Å². The van der Waals surface area contributed by atoms with Gasteiger partial charge in [0, 0.05) is 23.6 Å². The highest BCUT2D eigenvalue weighted by molar-refractivity contribution is 6.07. The molecule has 0 fully saturated rings. The highest BCUT2D eigenvalue weighted by atomic mass is 16.5. The molecule has 4 rings (SSSR count). The number of fused-ring (bicyclic) bond motifs is 1. The molecule has 0 unspecified atom stereocenters. The molecule has 178 valence electrons. The lowest BCUT2D eigenvalue weighted by Gasteiger charge is -2.10. The van der Waals surface area contributed by atoms with E-state index in [4.69, 9.17) is 14.5 Å². The summed E-state index contributed by atoms with van der Waals surface area (Å²) < 4.78 is 10.6. The zero-order chi connectivity index (χ0) is 24.8. The molecule has 0 atom stereocenters. The molecule has 0 aliphatic heterocycles. The lowest BCUT2D eigenvalue weighted by Crippen LogP contribution is -2.18. The maximum atomic E-state index is 13.2. The van der Waals surface area contributed by atoms with Gasteiger partial charge in [-0.25, -0.2) is 10.4 Å². The summed E-state index contributed by atoms with van der Waals surface area (Å²) in [7, 11) is 3.25. The Morgan fingerprint density at radius 2 is 1.80 bits per heavy atom. The fraction of sp³-hybridized carbons (Fsp3) is 0.207. The Morgan fingerprint density at radius 1 is 1.03 bits per heavy atom. The normalized spacial score (nSPS) is 11.3. The quantitative estimate of drug-likeness (QED) is 0.257. The second-order valence-electron chi connectivity index (χ2n) is 8.55. The number of amides is 1. The monoisotopic (exact) mass is 467 g/mol. The van der Waals surface area contributed by atoms with Crippen LogP contribution < -0.4 is 10.2 Å². The second kappa shape index (κ2) is 10.9. The van der Waals surface area contributed by atoms with Gasteiger partial charge < -0.3 is 9.47 Å². The zero-order valence-electron chi connectivity index (χ0n) is 20.4. The number of nitrogens with zero attached hydrogens (tertiary/aromatic N) is 2. The van der Waals surface area contributed by atoms with Crippen LogP contribution in [0.5, 0.6) is 5.75 Å². The number of hydrazone groups is 1. The van der Waals surface area contributed by atoms with Gasteiger partial charge in [0.15, 0.2) is 0 Å². The molecule has 0 aliphatic carbocycles. The van der Waals surface area contributed by atoms with E-state index in [0.29, 0.717) is 18.1 Å². The molecule has 1 heterocycles. The first-order chi connectivity index (χ1) is 17.0. The average Bonchev–Trinajstić information content (AvgIpc) is 2.88. The van der Waals surface area contributed by atoms with Crippen molar-refractivity contribution in [1.29, 1.82) is 0 Å². The smallest absolute Gasteiger partial charge is 0.272 e. The van der Waals surface area contributed by atoms with Crippen molar-refractivity contribution in [2.75, 3.05) is 14.2 Å². The largest absolute Gasteiger partial charge is 0.496 e. The van der Waals surface area contributed by atoms with Crippen LogP contribution in [0.15, 0.2) is 77.9 Å². The number of hydrogen-bond donors (Lipinski definition) is 1. The first-order valence-electron chi connectivity index (χ1n) is 11.5. The van der Waals surface area contributed by atoms with Crippen molar-refractivity contribution in [3.63, 3.8) is 0 Å². The Labute approximate surface area is 205 Å². The number of carbonyl (C=O) groups excluding carboxylic acids is 1. The SMILES string of the molecule is COCc1cc(C=NNC(=O)c2cc(-c3ccc(C(C)C)cc3)nc3ccccc23)ccc1OC. The molecule has 0 radical (unpaired) electrons. The van der Waals surface area contributed by atoms with Crippen LogP contribution in [0, 0.1) is 0 Å². The maximum absolute atomic E-state index is 13.2. The number of benzene rings is 3. The summed E-state index contributed by atoms with van der Waals surface area (Å²) in [5.74, 6) is 0.889. The third kappa shape index (κ3) is 5.55. The molecule has 0 saturated carbocycles. The van der Waals surface area contributed by atoms with Gasteiger partial charge in [0.1, 0.15) is 5.75 Å². The van der Waals surface area contributed by atoms with Crippen LogP contribution in [0.2, 0.25) is 0 Å². The number of aromatic nitrogens is 1. The van der Waals surface area contributed by atoms with Crippen molar-refractivity contribution in [3.8, 4) is 17.0 Å². The summed E-state index contributed by atoms with van der Waals surface area (Å²) in [4.78, 5) is 17.9. The fourth-order valence-corrected chi connectivity index (χ4v) is 3.92. The van der Waals surface area contributed by atoms with Crippen molar-refractivity contribution in [2.45, 2.75) is 26.4 Å². The Bertz CT molecular complexity index is 1360. The standard InChI is InChI=1S/C29H29N3O3/c1-19(2)21-10-12-22(13-11-21)27-16-25(24-7-5-6-8-26(24)31-27)29(33)32-30-17-20-9-14-28(35-4)23(15-20)18-34-3/h5-17,19H,18H2,1-4H3,(H,32,33). The summed E-state index contributed by atoms with van der Waals surface area (Å²) >= 11 is 0. The van der Waals surface area contributed by atoms with Gasteiger partial charge in [0.25, 0.3) is 5.91 Å². The molecule has 6 nitrogen and oxygen atoms in total. The van der Waals surface area contributed by atoms with E-state index in [0.717, 1.165) is 39.0 Å². The fourth-order valence-electron chi connectivity index (χ4n) is 3.92. The van der Waals surface area contributed by atoms with Crippen molar-refractivity contribution in [1.82, 2.24) is 10.4 Å². The Kier molecular flexibility index (Phi) is 7.53. The highest BCUT2D eigenvalue weighted by Gasteiger charge is 2.14. The molecule has 4 aromatic rings. The minimum atomic E-state index is -0.300. The second-order valence-corrected chi connectivity index (χ2v) is 8.55. The molecular formula is C29H29N3O3. The molecule has 0 spiro atoms. The van der Waals surface area contributed by atoms with E-state index in [1.165, 1.54) is 5.56 Å². The molecule has 0 saturated heterocycles. The molecule has 1 aromatic heterocycles. The summed E-state index contributed by atoms with van der Waals surface area (Å²) in [6.07, 6.45) is 1.60. The van der Waals surface area contributed by atoms with E-state index in [-0.39, 0.29) is 5.91 Å². The number of rotatable bonds is 8. The molecule has 0 aliphatic rings. The number of hydrogen-bond acceptors (Lipinski definition) is 5. The first-order valence-corrected chi connectivity index (χ1v) is 11.5. The minimum absolute atomic E-state index is 0.300. The molecule has 0 bridgehead atoms. The van der Waals surface area contributed by atoms with Gasteiger partial charge >= 0.3 is 0 Å². The molecule has 3 aromatic carbocycles. The lowest BCUT2D eigenvalue weighted by atomic mass is 9.99. The van der Waals surface area contributed by atoms with E-state index in [2.05, 4.69) is 36.5 Å². The Hall–Kier alpha value is -4.03. The summed E-state index contributed by atoms with van der Waals surface area (Å²) in [6.45, 7) is 4.74. The molecule has 1 N–H and O–H groups in total. The van der Waals surface area contributed by atoms with Crippen molar-refractivity contribution >= 4 is 23.0 Å². The van der Waals surface area contributed by atoms with E-state index in [1.807, 2.05) is 60.7 Å². The summed E-state index contributed by atoms with van der Waals surface area (Å²) in [5, 5.41) is 4.96. The van der Waals surface area contributed by atoms with Crippen LogP contribution >= 0.6 is 0 Å². The zero-order valence-corrected chi connectivity index (χ0v) is 20.4. The minimum Gasteiger partial charge on any atom is -0.496 e. The van der Waals surface area contributed by atoms with Crippen LogP contribution in [-0.2, 0) is 11.3 Å². The number of para-hydroxylation sites is 1. The predicted octanol–water partition coefficient (Wildman–Crippen LogP) is 5.94. The third-order valence-electron chi connectivity index (χ3n) is 5.82. The highest BCUT2D eigenvalue weighted by Crippen LogP contribution is 2.26. The van der Waals surface area contributed by atoms with Crippen molar-refractivity contribution in [3.05, 3.63) is 95.1 Å². The van der Waals surface area contributed by atoms with Gasteiger partial charge in [-0.1, -0.05) is 56.3 Å². The van der Waals surface area contributed by atoms with Crippen LogP contribution in [0.4, 0.5) is 0 Å². The molecule has 6 heteroatoms. The summed E-state index contributed by atoms with van der Waals surface area (Å²) in [5.41, 5.74) is 8.62. The molecule has 35 heavy (non-hydrogen) atoms. The van der Waals surface area contributed by atoms with Crippen LogP contribution in [0.25, 0.3) is 22.2 Å². The molecule has 1 amide bonds. The van der Waals surface area contributed by atoms with Crippen LogP contribution in [0.1, 0.15) is 46.8 Å². The topological polar surface area (TPSA) is 72.8 Å². The maximum Gasteiger partial charge on any atom is 0.272 e. The van der Waals surface area contributed by atoms with Gasteiger partial charge in [-0.15, -0.1) is 0 Å².